The van der Waals surface area contributed by atoms with Crippen LogP contribution in [0.1, 0.15) is 18.1 Å². The van der Waals surface area contributed by atoms with E-state index in [1.165, 1.54) is 6.07 Å². The summed E-state index contributed by atoms with van der Waals surface area (Å²) in [4.78, 5) is 0. The minimum absolute atomic E-state index is 0.123. The lowest BCUT2D eigenvalue weighted by Crippen LogP contribution is -2.17. The Hall–Kier alpha value is -1.87. The molecule has 1 atom stereocenters. The van der Waals surface area contributed by atoms with Crippen LogP contribution >= 0.6 is 0 Å². The van der Waals surface area contributed by atoms with E-state index in [0.717, 1.165) is 17.5 Å². The molecule has 0 saturated heterocycles. The first kappa shape index (κ1) is 13.6. The quantitative estimate of drug-likeness (QED) is 0.906. The molecule has 2 N–H and O–H groups in total. The van der Waals surface area contributed by atoms with Crippen molar-refractivity contribution in [1.82, 2.24) is 0 Å². The van der Waals surface area contributed by atoms with Gasteiger partial charge in [0.2, 0.25) is 0 Å². The van der Waals surface area contributed by atoms with Crippen LogP contribution in [0.2, 0.25) is 0 Å². The van der Waals surface area contributed by atoms with Gasteiger partial charge >= 0.3 is 0 Å². The van der Waals surface area contributed by atoms with Gasteiger partial charge in [0.05, 0.1) is 0 Å². The third-order valence-electron chi connectivity index (χ3n) is 2.85. The zero-order valence-corrected chi connectivity index (χ0v) is 11.2. The van der Waals surface area contributed by atoms with Gasteiger partial charge in [-0.15, -0.1) is 0 Å². The fraction of sp³-hybridized carbons (Fsp3) is 0.250. The van der Waals surface area contributed by atoms with Crippen molar-refractivity contribution in [2.45, 2.75) is 26.3 Å². The second kappa shape index (κ2) is 5.85. The van der Waals surface area contributed by atoms with Crippen LogP contribution in [0.25, 0.3) is 0 Å². The van der Waals surface area contributed by atoms with E-state index in [-0.39, 0.29) is 17.6 Å². The average Bonchev–Trinajstić information content (AvgIpc) is 2.34. The predicted molar refractivity (Wildman–Crippen MR) is 75.0 cm³/mol. The minimum atomic E-state index is -0.360. The van der Waals surface area contributed by atoms with Crippen molar-refractivity contribution in [3.05, 3.63) is 59.4 Å². The Morgan fingerprint density at radius 1 is 1.16 bits per heavy atom. The molecule has 0 aliphatic heterocycles. The normalized spacial score (nSPS) is 12.2. The number of hydrogen-bond acceptors (Lipinski definition) is 2. The van der Waals surface area contributed by atoms with Gasteiger partial charge in [0.1, 0.15) is 5.75 Å². The lowest BCUT2D eigenvalue weighted by Gasteiger charge is -2.12. The Labute approximate surface area is 113 Å². The molecule has 0 aliphatic rings. The highest BCUT2D eigenvalue weighted by Crippen LogP contribution is 2.27. The summed E-state index contributed by atoms with van der Waals surface area (Å²) in [6, 6.07) is 12.4. The number of aryl methyl sites for hydroxylation is 1. The highest BCUT2D eigenvalue weighted by molar-refractivity contribution is 5.40. The summed E-state index contributed by atoms with van der Waals surface area (Å²) >= 11 is 0. The van der Waals surface area contributed by atoms with Gasteiger partial charge in [-0.25, -0.2) is 4.39 Å². The van der Waals surface area contributed by atoms with Crippen molar-refractivity contribution in [3.63, 3.8) is 0 Å². The SMILES string of the molecule is Cc1cc(CC(C)N)ccc1Oc1ccccc1F. The second-order valence-corrected chi connectivity index (χ2v) is 4.81. The summed E-state index contributed by atoms with van der Waals surface area (Å²) in [6.07, 6.45) is 0.820. The van der Waals surface area contributed by atoms with Crippen LogP contribution in [0.5, 0.6) is 11.5 Å². The Balaban J connectivity index is 2.20. The fourth-order valence-corrected chi connectivity index (χ4v) is 1.97. The molecule has 2 aromatic rings. The van der Waals surface area contributed by atoms with Gasteiger partial charge in [-0.2, -0.15) is 0 Å². The molecule has 3 heteroatoms. The van der Waals surface area contributed by atoms with E-state index in [1.54, 1.807) is 18.2 Å². The zero-order chi connectivity index (χ0) is 13.8. The lowest BCUT2D eigenvalue weighted by molar-refractivity contribution is 0.439. The summed E-state index contributed by atoms with van der Waals surface area (Å²) in [5.74, 6) is 0.547. The molecule has 100 valence electrons. The molecule has 0 aromatic heterocycles. The standard InChI is InChI=1S/C16H18FNO/c1-11-9-13(10-12(2)18)7-8-15(11)19-16-6-4-3-5-14(16)17/h3-9,12H,10,18H2,1-2H3. The monoisotopic (exact) mass is 259 g/mol. The zero-order valence-electron chi connectivity index (χ0n) is 11.2. The van der Waals surface area contributed by atoms with Crippen LogP contribution in [0.4, 0.5) is 4.39 Å². The first-order valence-corrected chi connectivity index (χ1v) is 6.34. The van der Waals surface area contributed by atoms with Crippen LogP contribution in [0.3, 0.4) is 0 Å². The van der Waals surface area contributed by atoms with Gasteiger partial charge in [-0.05, 0) is 49.6 Å². The summed E-state index contributed by atoms with van der Waals surface area (Å²) in [5, 5.41) is 0. The van der Waals surface area contributed by atoms with E-state index in [4.69, 9.17) is 10.5 Å². The van der Waals surface area contributed by atoms with Gasteiger partial charge in [0.25, 0.3) is 0 Å². The highest BCUT2D eigenvalue weighted by Gasteiger charge is 2.07. The first-order chi connectivity index (χ1) is 9.06. The molecule has 0 bridgehead atoms. The van der Waals surface area contributed by atoms with Gasteiger partial charge in [-0.3, -0.25) is 0 Å². The van der Waals surface area contributed by atoms with Crippen LogP contribution in [-0.2, 0) is 6.42 Å². The maximum Gasteiger partial charge on any atom is 0.165 e. The van der Waals surface area contributed by atoms with Crippen LogP contribution in [0.15, 0.2) is 42.5 Å². The van der Waals surface area contributed by atoms with E-state index < -0.39 is 0 Å². The molecule has 1 unspecified atom stereocenters. The number of para-hydroxylation sites is 1. The van der Waals surface area contributed by atoms with Crippen molar-refractivity contribution in [2.24, 2.45) is 5.73 Å². The van der Waals surface area contributed by atoms with Gasteiger partial charge in [0.15, 0.2) is 11.6 Å². The summed E-state index contributed by atoms with van der Waals surface area (Å²) in [7, 11) is 0. The third kappa shape index (κ3) is 3.55. The molecule has 0 amide bonds. The van der Waals surface area contributed by atoms with Crippen LogP contribution < -0.4 is 10.5 Å². The Morgan fingerprint density at radius 2 is 1.89 bits per heavy atom. The van der Waals surface area contributed by atoms with Gasteiger partial charge < -0.3 is 10.5 Å². The van der Waals surface area contributed by atoms with Crippen LogP contribution in [0, 0.1) is 12.7 Å². The van der Waals surface area contributed by atoms with Crippen LogP contribution in [-0.4, -0.2) is 6.04 Å². The van der Waals surface area contributed by atoms with Crippen molar-refractivity contribution in [2.75, 3.05) is 0 Å². The Morgan fingerprint density at radius 3 is 2.53 bits per heavy atom. The topological polar surface area (TPSA) is 35.2 Å². The molecule has 0 heterocycles. The van der Waals surface area contributed by atoms with Crippen molar-refractivity contribution < 1.29 is 9.13 Å². The average molecular weight is 259 g/mol. The molecule has 2 aromatic carbocycles. The summed E-state index contributed by atoms with van der Waals surface area (Å²) < 4.78 is 19.1. The fourth-order valence-electron chi connectivity index (χ4n) is 1.97. The minimum Gasteiger partial charge on any atom is -0.454 e. The molecular formula is C16H18FNO. The maximum atomic E-state index is 13.5. The lowest BCUT2D eigenvalue weighted by atomic mass is 10.0. The largest absolute Gasteiger partial charge is 0.454 e. The van der Waals surface area contributed by atoms with E-state index >= 15 is 0 Å². The molecule has 2 nitrogen and oxygen atoms in total. The number of benzene rings is 2. The second-order valence-electron chi connectivity index (χ2n) is 4.81. The van der Waals surface area contributed by atoms with Crippen molar-refractivity contribution in [3.8, 4) is 11.5 Å². The molecule has 2 rings (SSSR count). The number of hydrogen-bond donors (Lipinski definition) is 1. The van der Waals surface area contributed by atoms with E-state index in [0.29, 0.717) is 5.75 Å². The number of ether oxygens (including phenoxy) is 1. The Bertz CT molecular complexity index is 566. The Kier molecular flexibility index (Phi) is 4.17. The first-order valence-electron chi connectivity index (χ1n) is 6.34. The molecule has 0 saturated carbocycles. The molecular weight excluding hydrogens is 241 g/mol. The van der Waals surface area contributed by atoms with Crippen molar-refractivity contribution >= 4 is 0 Å². The van der Waals surface area contributed by atoms with Gasteiger partial charge in [0, 0.05) is 6.04 Å². The number of halogens is 1. The smallest absolute Gasteiger partial charge is 0.165 e. The highest BCUT2D eigenvalue weighted by atomic mass is 19.1. The van der Waals surface area contributed by atoms with Gasteiger partial charge in [-0.1, -0.05) is 24.3 Å². The number of rotatable bonds is 4. The molecule has 0 fully saturated rings. The summed E-state index contributed by atoms with van der Waals surface area (Å²) in [5.41, 5.74) is 7.91. The van der Waals surface area contributed by atoms with E-state index in [9.17, 15) is 4.39 Å². The molecule has 19 heavy (non-hydrogen) atoms. The molecule has 0 spiro atoms. The van der Waals surface area contributed by atoms with E-state index in [1.807, 2.05) is 32.0 Å². The predicted octanol–water partition coefficient (Wildman–Crippen LogP) is 3.82. The van der Waals surface area contributed by atoms with E-state index in [2.05, 4.69) is 0 Å². The molecule has 0 aliphatic carbocycles. The summed E-state index contributed by atoms with van der Waals surface area (Å²) in [6.45, 7) is 3.92. The maximum absolute atomic E-state index is 13.5. The number of nitrogens with two attached hydrogens (primary N) is 1. The third-order valence-corrected chi connectivity index (χ3v) is 2.85. The van der Waals surface area contributed by atoms with Crippen molar-refractivity contribution in [1.29, 1.82) is 0 Å². The molecule has 0 radical (unpaired) electrons.